The van der Waals surface area contributed by atoms with Gasteiger partial charge in [0.2, 0.25) is 0 Å². The van der Waals surface area contributed by atoms with Gasteiger partial charge in [0.15, 0.2) is 0 Å². The molecule has 0 amide bonds. The van der Waals surface area contributed by atoms with Gasteiger partial charge in [0, 0.05) is 23.2 Å². The average Bonchev–Trinajstić information content (AvgIpc) is 2.50. The lowest BCUT2D eigenvalue weighted by atomic mass is 9.96. The van der Waals surface area contributed by atoms with E-state index in [1.807, 2.05) is 43.3 Å². The average molecular weight is 280 g/mol. The third-order valence-corrected chi connectivity index (χ3v) is 3.73. The summed E-state index contributed by atoms with van der Waals surface area (Å²) in [5.41, 5.74) is 9.84. The van der Waals surface area contributed by atoms with E-state index in [4.69, 9.17) is 5.73 Å². The Balaban J connectivity index is 1.96. The minimum Gasteiger partial charge on any atom is -0.324 e. The van der Waals surface area contributed by atoms with E-state index < -0.39 is 0 Å². The van der Waals surface area contributed by atoms with Crippen LogP contribution >= 0.6 is 0 Å². The highest BCUT2D eigenvalue weighted by molar-refractivity contribution is 5.81. The van der Waals surface area contributed by atoms with Crippen LogP contribution in [0.3, 0.4) is 0 Å². The Kier molecular flexibility index (Phi) is 3.67. The number of halogens is 1. The van der Waals surface area contributed by atoms with Gasteiger partial charge in [0.25, 0.3) is 0 Å². The van der Waals surface area contributed by atoms with Gasteiger partial charge >= 0.3 is 0 Å². The molecule has 0 aliphatic carbocycles. The molecule has 0 fully saturated rings. The molecule has 106 valence electrons. The number of fused-ring (bicyclic) bond motifs is 1. The molecule has 0 radical (unpaired) electrons. The van der Waals surface area contributed by atoms with Crippen molar-refractivity contribution >= 4 is 10.9 Å². The van der Waals surface area contributed by atoms with Crippen LogP contribution < -0.4 is 5.73 Å². The highest BCUT2D eigenvalue weighted by atomic mass is 19.1. The van der Waals surface area contributed by atoms with E-state index in [9.17, 15) is 4.39 Å². The fourth-order valence-corrected chi connectivity index (χ4v) is 2.63. The molecule has 0 spiro atoms. The summed E-state index contributed by atoms with van der Waals surface area (Å²) in [6, 6.07) is 14.6. The molecule has 1 aromatic heterocycles. The molecule has 3 rings (SSSR count). The number of rotatable bonds is 3. The highest BCUT2D eigenvalue weighted by Crippen LogP contribution is 2.24. The summed E-state index contributed by atoms with van der Waals surface area (Å²) < 4.78 is 13.9. The van der Waals surface area contributed by atoms with E-state index in [1.54, 1.807) is 12.3 Å². The summed E-state index contributed by atoms with van der Waals surface area (Å²) >= 11 is 0. The molecule has 21 heavy (non-hydrogen) atoms. The Morgan fingerprint density at radius 3 is 2.81 bits per heavy atom. The number of hydrogen-bond acceptors (Lipinski definition) is 2. The molecule has 0 saturated carbocycles. The lowest BCUT2D eigenvalue weighted by Gasteiger charge is -2.15. The van der Waals surface area contributed by atoms with Gasteiger partial charge in [-0.2, -0.15) is 0 Å². The van der Waals surface area contributed by atoms with Crippen LogP contribution in [0.2, 0.25) is 0 Å². The summed E-state index contributed by atoms with van der Waals surface area (Å²) in [5, 5.41) is 1.07. The van der Waals surface area contributed by atoms with Crippen LogP contribution in [0.1, 0.15) is 22.7 Å². The smallest absolute Gasteiger partial charge is 0.128 e. The highest BCUT2D eigenvalue weighted by Gasteiger charge is 2.14. The largest absolute Gasteiger partial charge is 0.324 e. The quantitative estimate of drug-likeness (QED) is 0.789. The fraction of sp³-hybridized carbons (Fsp3) is 0.167. The van der Waals surface area contributed by atoms with Crippen LogP contribution in [0.25, 0.3) is 10.9 Å². The molecular formula is C18H17FN2. The normalized spacial score (nSPS) is 12.5. The first-order valence-electron chi connectivity index (χ1n) is 6.99. The maximum atomic E-state index is 13.9. The third-order valence-electron chi connectivity index (χ3n) is 3.73. The second-order valence-corrected chi connectivity index (χ2v) is 5.32. The Labute approximate surface area is 123 Å². The summed E-state index contributed by atoms with van der Waals surface area (Å²) in [6.07, 6.45) is 2.36. The summed E-state index contributed by atoms with van der Waals surface area (Å²) in [7, 11) is 0. The molecule has 2 nitrogen and oxygen atoms in total. The van der Waals surface area contributed by atoms with Gasteiger partial charge in [-0.25, -0.2) is 4.39 Å². The van der Waals surface area contributed by atoms with Gasteiger partial charge < -0.3 is 5.73 Å². The molecule has 1 atom stereocenters. The number of hydrogen-bond donors (Lipinski definition) is 1. The van der Waals surface area contributed by atoms with Crippen LogP contribution in [0.4, 0.5) is 4.39 Å². The zero-order valence-electron chi connectivity index (χ0n) is 11.9. The van der Waals surface area contributed by atoms with Crippen molar-refractivity contribution in [1.82, 2.24) is 4.98 Å². The zero-order valence-corrected chi connectivity index (χ0v) is 11.9. The van der Waals surface area contributed by atoms with E-state index in [2.05, 4.69) is 4.98 Å². The van der Waals surface area contributed by atoms with E-state index >= 15 is 0 Å². The molecule has 0 aliphatic heterocycles. The monoisotopic (exact) mass is 280 g/mol. The molecule has 3 aromatic rings. The molecule has 0 saturated heterocycles. The Hall–Kier alpha value is -2.26. The Bertz CT molecular complexity index is 778. The van der Waals surface area contributed by atoms with Crippen LogP contribution in [-0.4, -0.2) is 4.98 Å². The number of aromatic nitrogens is 1. The molecule has 0 bridgehead atoms. The van der Waals surface area contributed by atoms with Gasteiger partial charge in [-0.1, -0.05) is 35.9 Å². The first-order chi connectivity index (χ1) is 10.1. The van der Waals surface area contributed by atoms with E-state index in [-0.39, 0.29) is 11.9 Å². The molecule has 1 heterocycles. The topological polar surface area (TPSA) is 38.9 Å². The standard InChI is InChI=1S/C18H17FN2/c1-12-6-7-16(19)15(10-12)17(20)11-13-8-9-21-18-5-3-2-4-14(13)18/h2-10,17H,11,20H2,1H3. The minimum atomic E-state index is -0.365. The number of benzene rings is 2. The molecule has 0 aliphatic rings. The zero-order chi connectivity index (χ0) is 14.8. The number of pyridine rings is 1. The van der Waals surface area contributed by atoms with Gasteiger partial charge in [-0.15, -0.1) is 0 Å². The van der Waals surface area contributed by atoms with Gasteiger partial charge in [0.05, 0.1) is 5.52 Å². The second-order valence-electron chi connectivity index (χ2n) is 5.32. The summed E-state index contributed by atoms with van der Waals surface area (Å²) in [6.45, 7) is 1.94. The maximum Gasteiger partial charge on any atom is 0.128 e. The Morgan fingerprint density at radius 1 is 1.14 bits per heavy atom. The molecule has 3 heteroatoms. The predicted octanol–water partition coefficient (Wildman–Crippen LogP) is 3.92. The first-order valence-corrected chi connectivity index (χ1v) is 6.99. The van der Waals surface area contributed by atoms with E-state index in [1.165, 1.54) is 6.07 Å². The van der Waals surface area contributed by atoms with Crippen LogP contribution in [-0.2, 0) is 6.42 Å². The summed E-state index contributed by atoms with van der Waals surface area (Å²) in [4.78, 5) is 4.34. The van der Waals surface area contributed by atoms with Crippen LogP contribution in [0.15, 0.2) is 54.7 Å². The van der Waals surface area contributed by atoms with Crippen molar-refractivity contribution in [3.8, 4) is 0 Å². The van der Waals surface area contributed by atoms with Crippen molar-refractivity contribution in [2.45, 2.75) is 19.4 Å². The van der Waals surface area contributed by atoms with Crippen molar-refractivity contribution in [3.63, 3.8) is 0 Å². The fourth-order valence-electron chi connectivity index (χ4n) is 2.63. The number of aryl methyl sites for hydroxylation is 1. The lowest BCUT2D eigenvalue weighted by Crippen LogP contribution is -2.15. The number of nitrogens with two attached hydrogens (primary N) is 1. The van der Waals surface area contributed by atoms with Gasteiger partial charge in [-0.3, -0.25) is 4.98 Å². The molecule has 1 unspecified atom stereocenters. The SMILES string of the molecule is Cc1ccc(F)c(C(N)Cc2ccnc3ccccc23)c1. The minimum absolute atomic E-state index is 0.244. The van der Waals surface area contributed by atoms with E-state index in [0.29, 0.717) is 12.0 Å². The predicted molar refractivity (Wildman–Crippen MR) is 83.5 cm³/mol. The van der Waals surface area contributed by atoms with Crippen molar-refractivity contribution < 1.29 is 4.39 Å². The van der Waals surface area contributed by atoms with Crippen LogP contribution in [0.5, 0.6) is 0 Å². The van der Waals surface area contributed by atoms with Gasteiger partial charge in [-0.05, 0) is 37.1 Å². The number of para-hydroxylation sites is 1. The van der Waals surface area contributed by atoms with Crippen molar-refractivity contribution in [2.24, 2.45) is 5.73 Å². The van der Waals surface area contributed by atoms with Crippen molar-refractivity contribution in [1.29, 1.82) is 0 Å². The third kappa shape index (κ3) is 2.78. The van der Waals surface area contributed by atoms with Crippen molar-refractivity contribution in [2.75, 3.05) is 0 Å². The second kappa shape index (κ2) is 5.62. The molecular weight excluding hydrogens is 263 g/mol. The first kappa shape index (κ1) is 13.7. The lowest BCUT2D eigenvalue weighted by molar-refractivity contribution is 0.580. The number of nitrogens with zero attached hydrogens (tertiary/aromatic N) is 1. The van der Waals surface area contributed by atoms with Gasteiger partial charge in [0.1, 0.15) is 5.82 Å². The van der Waals surface area contributed by atoms with E-state index in [0.717, 1.165) is 22.0 Å². The summed E-state index contributed by atoms with van der Waals surface area (Å²) in [5.74, 6) is -0.244. The molecule has 2 N–H and O–H groups in total. The molecule has 2 aromatic carbocycles. The van der Waals surface area contributed by atoms with Crippen LogP contribution in [0, 0.1) is 12.7 Å². The van der Waals surface area contributed by atoms with Crippen molar-refractivity contribution in [3.05, 3.63) is 77.2 Å². The Morgan fingerprint density at radius 2 is 1.95 bits per heavy atom. The maximum absolute atomic E-state index is 13.9.